The van der Waals surface area contributed by atoms with Crippen molar-refractivity contribution in [3.05, 3.63) is 29.8 Å². The van der Waals surface area contributed by atoms with Crippen LogP contribution in [-0.2, 0) is 0 Å². The van der Waals surface area contributed by atoms with Crippen LogP contribution in [0.1, 0.15) is 44.1 Å². The lowest BCUT2D eigenvalue weighted by Gasteiger charge is -2.34. The Labute approximate surface area is 97.5 Å². The third-order valence-electron chi connectivity index (χ3n) is 3.79. The van der Waals surface area contributed by atoms with Crippen LogP contribution >= 0.6 is 0 Å². The summed E-state index contributed by atoms with van der Waals surface area (Å²) in [5.74, 6) is 1.46. The normalized spacial score (nSPS) is 27.6. The maximum Gasteiger partial charge on any atom is 0.115 e. The van der Waals surface area contributed by atoms with Crippen molar-refractivity contribution in [2.75, 3.05) is 0 Å². The lowest BCUT2D eigenvalue weighted by Crippen LogP contribution is -2.33. The Morgan fingerprint density at radius 1 is 1.31 bits per heavy atom. The van der Waals surface area contributed by atoms with Crippen molar-refractivity contribution >= 4 is 0 Å². The molecule has 3 N–H and O–H groups in total. The molecule has 0 saturated heterocycles. The molecule has 1 aliphatic rings. The highest BCUT2D eigenvalue weighted by Crippen LogP contribution is 2.39. The summed E-state index contributed by atoms with van der Waals surface area (Å²) in [5, 5.41) is 9.54. The summed E-state index contributed by atoms with van der Waals surface area (Å²) in [4.78, 5) is 0. The molecule has 0 radical (unpaired) electrons. The van der Waals surface area contributed by atoms with E-state index in [1.165, 1.54) is 31.2 Å². The number of benzene rings is 1. The van der Waals surface area contributed by atoms with Crippen molar-refractivity contribution in [1.29, 1.82) is 0 Å². The highest BCUT2D eigenvalue weighted by Gasteiger charge is 2.28. The van der Waals surface area contributed by atoms with Crippen LogP contribution in [0.15, 0.2) is 24.3 Å². The van der Waals surface area contributed by atoms with Crippen LogP contribution in [0.2, 0.25) is 0 Å². The maximum atomic E-state index is 9.54. The van der Waals surface area contributed by atoms with Crippen LogP contribution in [0, 0.1) is 5.92 Å². The van der Waals surface area contributed by atoms with Gasteiger partial charge in [-0.1, -0.05) is 25.0 Å². The minimum absolute atomic E-state index is 0.243. The quantitative estimate of drug-likeness (QED) is 0.803. The number of phenols is 1. The summed E-state index contributed by atoms with van der Waals surface area (Å²) in [7, 11) is 0. The molecule has 0 aromatic heterocycles. The molecule has 1 aromatic carbocycles. The molecule has 1 aliphatic carbocycles. The smallest absolute Gasteiger partial charge is 0.115 e. The Bertz CT molecular complexity index is 348. The molecule has 0 bridgehead atoms. The maximum absolute atomic E-state index is 9.54. The fourth-order valence-corrected chi connectivity index (χ4v) is 2.96. The molecule has 2 nitrogen and oxygen atoms in total. The van der Waals surface area contributed by atoms with Gasteiger partial charge in [-0.05, 0) is 49.3 Å². The minimum Gasteiger partial charge on any atom is -0.508 e. The van der Waals surface area contributed by atoms with Gasteiger partial charge >= 0.3 is 0 Å². The summed E-state index contributed by atoms with van der Waals surface area (Å²) in [6.07, 6.45) is 5.00. The molecule has 1 aromatic rings. The highest BCUT2D eigenvalue weighted by molar-refractivity contribution is 5.30. The van der Waals surface area contributed by atoms with Crippen molar-refractivity contribution in [2.45, 2.75) is 44.6 Å². The van der Waals surface area contributed by atoms with Crippen LogP contribution < -0.4 is 5.73 Å². The standard InChI is InChI=1S/C14H21NO/c1-10(15)13-7-2-3-8-14(13)11-5-4-6-12(16)9-11/h4-6,9-10,13-14,16H,2-3,7-8,15H2,1H3. The van der Waals surface area contributed by atoms with Gasteiger partial charge in [-0.3, -0.25) is 0 Å². The number of phenolic OH excluding ortho intramolecular Hbond substituents is 1. The molecule has 3 unspecified atom stereocenters. The second-order valence-corrected chi connectivity index (χ2v) is 5.01. The third-order valence-corrected chi connectivity index (χ3v) is 3.79. The first kappa shape index (κ1) is 11.5. The van der Waals surface area contributed by atoms with Crippen molar-refractivity contribution in [3.8, 4) is 5.75 Å². The second kappa shape index (κ2) is 4.88. The number of rotatable bonds is 2. The number of hydrogen-bond donors (Lipinski definition) is 2. The van der Waals surface area contributed by atoms with Gasteiger partial charge in [0.2, 0.25) is 0 Å². The molecular weight excluding hydrogens is 198 g/mol. The topological polar surface area (TPSA) is 46.2 Å². The van der Waals surface area contributed by atoms with Gasteiger partial charge in [0.25, 0.3) is 0 Å². The molecule has 0 heterocycles. The lowest BCUT2D eigenvalue weighted by atomic mass is 9.72. The zero-order valence-electron chi connectivity index (χ0n) is 9.89. The molecule has 2 heteroatoms. The second-order valence-electron chi connectivity index (χ2n) is 5.01. The van der Waals surface area contributed by atoms with Gasteiger partial charge in [0.1, 0.15) is 5.75 Å². The van der Waals surface area contributed by atoms with Gasteiger partial charge in [-0.2, -0.15) is 0 Å². The van der Waals surface area contributed by atoms with Crippen LogP contribution in [0.4, 0.5) is 0 Å². The summed E-state index contributed by atoms with van der Waals surface area (Å²) < 4.78 is 0. The number of aromatic hydroxyl groups is 1. The predicted molar refractivity (Wildman–Crippen MR) is 66.5 cm³/mol. The van der Waals surface area contributed by atoms with E-state index in [1.807, 2.05) is 12.1 Å². The van der Waals surface area contributed by atoms with E-state index in [2.05, 4.69) is 13.0 Å². The van der Waals surface area contributed by atoms with Gasteiger partial charge < -0.3 is 10.8 Å². The molecule has 3 atom stereocenters. The molecule has 1 fully saturated rings. The molecule has 16 heavy (non-hydrogen) atoms. The van der Waals surface area contributed by atoms with E-state index in [4.69, 9.17) is 5.73 Å². The van der Waals surface area contributed by atoms with Gasteiger partial charge in [0.05, 0.1) is 0 Å². The van der Waals surface area contributed by atoms with Crippen LogP contribution in [0.25, 0.3) is 0 Å². The number of hydrogen-bond acceptors (Lipinski definition) is 2. The molecule has 0 amide bonds. The van der Waals surface area contributed by atoms with E-state index < -0.39 is 0 Å². The average molecular weight is 219 g/mol. The van der Waals surface area contributed by atoms with Crippen LogP contribution in [0.3, 0.4) is 0 Å². The average Bonchev–Trinajstić information content (AvgIpc) is 2.29. The van der Waals surface area contributed by atoms with E-state index in [-0.39, 0.29) is 6.04 Å². The first-order chi connectivity index (χ1) is 7.68. The van der Waals surface area contributed by atoms with Gasteiger partial charge in [0.15, 0.2) is 0 Å². The Hall–Kier alpha value is -1.02. The van der Waals surface area contributed by atoms with Gasteiger partial charge in [-0.25, -0.2) is 0 Å². The monoisotopic (exact) mass is 219 g/mol. The Morgan fingerprint density at radius 2 is 2.06 bits per heavy atom. The molecule has 0 spiro atoms. The third kappa shape index (κ3) is 2.38. The van der Waals surface area contributed by atoms with Crippen molar-refractivity contribution in [3.63, 3.8) is 0 Å². The first-order valence-corrected chi connectivity index (χ1v) is 6.23. The highest BCUT2D eigenvalue weighted by atomic mass is 16.3. The summed E-state index contributed by atoms with van der Waals surface area (Å²) in [6, 6.07) is 7.91. The number of nitrogens with two attached hydrogens (primary N) is 1. The first-order valence-electron chi connectivity index (χ1n) is 6.23. The lowest BCUT2D eigenvalue weighted by molar-refractivity contribution is 0.271. The van der Waals surface area contributed by atoms with Gasteiger partial charge in [-0.15, -0.1) is 0 Å². The molecule has 0 aliphatic heterocycles. The fourth-order valence-electron chi connectivity index (χ4n) is 2.96. The summed E-state index contributed by atoms with van der Waals surface area (Å²) in [6.45, 7) is 2.10. The fraction of sp³-hybridized carbons (Fsp3) is 0.571. The summed E-state index contributed by atoms with van der Waals surface area (Å²) >= 11 is 0. The van der Waals surface area contributed by atoms with E-state index in [0.717, 1.165) is 0 Å². The Balaban J connectivity index is 2.23. The van der Waals surface area contributed by atoms with Crippen LogP contribution in [0.5, 0.6) is 5.75 Å². The zero-order valence-corrected chi connectivity index (χ0v) is 9.89. The molecule has 1 saturated carbocycles. The molecule has 2 rings (SSSR count). The SMILES string of the molecule is CC(N)C1CCCCC1c1cccc(O)c1. The van der Waals surface area contributed by atoms with Gasteiger partial charge in [0, 0.05) is 6.04 Å². The van der Waals surface area contributed by atoms with Crippen molar-refractivity contribution in [1.82, 2.24) is 0 Å². The minimum atomic E-state index is 0.243. The van der Waals surface area contributed by atoms with Crippen molar-refractivity contribution < 1.29 is 5.11 Å². The van der Waals surface area contributed by atoms with Crippen LogP contribution in [-0.4, -0.2) is 11.1 Å². The zero-order chi connectivity index (χ0) is 11.5. The Morgan fingerprint density at radius 3 is 2.75 bits per heavy atom. The molecular formula is C14H21NO. The Kier molecular flexibility index (Phi) is 3.49. The summed E-state index contributed by atoms with van der Waals surface area (Å²) in [5.41, 5.74) is 7.32. The largest absolute Gasteiger partial charge is 0.508 e. The van der Waals surface area contributed by atoms with E-state index in [0.29, 0.717) is 17.6 Å². The van der Waals surface area contributed by atoms with E-state index in [9.17, 15) is 5.11 Å². The van der Waals surface area contributed by atoms with E-state index in [1.54, 1.807) is 6.07 Å². The van der Waals surface area contributed by atoms with E-state index >= 15 is 0 Å². The molecule has 88 valence electrons. The predicted octanol–water partition coefficient (Wildman–Crippen LogP) is 3.01. The van der Waals surface area contributed by atoms with Crippen molar-refractivity contribution in [2.24, 2.45) is 11.7 Å².